The molecule has 0 aliphatic rings. The minimum absolute atomic E-state index is 0.193. The molecule has 0 spiro atoms. The lowest BCUT2D eigenvalue weighted by Crippen LogP contribution is -2.33. The highest BCUT2D eigenvalue weighted by Crippen LogP contribution is 2.56. The average molecular weight is 264 g/mol. The molecule has 0 aromatic heterocycles. The predicted octanol–water partition coefficient (Wildman–Crippen LogP) is 4.67. The Kier molecular flexibility index (Phi) is 7.30. The summed E-state index contributed by atoms with van der Waals surface area (Å²) in [5.41, 5.74) is 0. The Morgan fingerprint density at radius 2 is 1.69 bits per heavy atom. The molecule has 4 heteroatoms. The Morgan fingerprint density at radius 3 is 2.06 bits per heavy atom. The average Bonchev–Trinajstić information content (AvgIpc) is 2.10. The van der Waals surface area contributed by atoms with E-state index in [1.165, 1.54) is 0 Å². The summed E-state index contributed by atoms with van der Waals surface area (Å²) in [6.45, 7) is 7.25. The molecule has 0 fully saturated rings. The van der Waals surface area contributed by atoms with Crippen molar-refractivity contribution < 1.29 is 4.57 Å². The van der Waals surface area contributed by atoms with Crippen molar-refractivity contribution in [3.8, 4) is 0 Å². The number of halogens is 1. The van der Waals surface area contributed by atoms with E-state index in [1.54, 1.807) is 0 Å². The summed E-state index contributed by atoms with van der Waals surface area (Å²) in [4.78, 5) is 0. The summed E-state index contributed by atoms with van der Waals surface area (Å²) in [7, 11) is 0. The fraction of sp³-hybridized carbons (Fsp3) is 0.667. The fourth-order valence-electron chi connectivity index (χ4n) is 1.76. The van der Waals surface area contributed by atoms with Crippen molar-refractivity contribution >= 4 is 17.9 Å². The van der Waals surface area contributed by atoms with Gasteiger partial charge in [-0.25, -0.2) is 4.67 Å². The Labute approximate surface area is 105 Å². The molecule has 0 aromatic carbocycles. The van der Waals surface area contributed by atoms with Crippen molar-refractivity contribution in [1.29, 1.82) is 0 Å². The van der Waals surface area contributed by atoms with E-state index < -0.39 is 6.65 Å². The van der Waals surface area contributed by atoms with Gasteiger partial charge in [-0.15, -0.1) is 0 Å². The van der Waals surface area contributed by atoms with Gasteiger partial charge in [-0.1, -0.05) is 24.3 Å². The molecule has 94 valence electrons. The Balaban J connectivity index is 4.67. The molecule has 0 amide bonds. The lowest BCUT2D eigenvalue weighted by molar-refractivity contribution is 0.307. The van der Waals surface area contributed by atoms with Gasteiger partial charge in [0.25, 0.3) is 0 Å². The van der Waals surface area contributed by atoms with Crippen LogP contribution in [0.2, 0.25) is 0 Å². The monoisotopic (exact) mass is 263 g/mol. The molecular formula is C12H23ClNOP. The molecule has 0 N–H and O–H groups in total. The standard InChI is InChI=1S/C12H23ClNOP/c1-6-7-8-9-10-16(13,15)14(11(2)3)12(4)5/h6-9,11-12H,10H2,1-5H3/b7-6+,9-8+. The van der Waals surface area contributed by atoms with Gasteiger partial charge in [0.05, 0.1) is 0 Å². The molecule has 0 heterocycles. The maximum absolute atomic E-state index is 12.4. The van der Waals surface area contributed by atoms with Crippen molar-refractivity contribution in [2.75, 3.05) is 6.16 Å². The van der Waals surface area contributed by atoms with Crippen LogP contribution in [0.3, 0.4) is 0 Å². The summed E-state index contributed by atoms with van der Waals surface area (Å²) in [6, 6.07) is 0.386. The van der Waals surface area contributed by atoms with Crippen molar-refractivity contribution in [2.24, 2.45) is 0 Å². The van der Waals surface area contributed by atoms with E-state index in [4.69, 9.17) is 11.2 Å². The van der Waals surface area contributed by atoms with Gasteiger partial charge in [-0.2, -0.15) is 0 Å². The number of hydrogen-bond acceptors (Lipinski definition) is 1. The lowest BCUT2D eigenvalue weighted by atomic mass is 10.3. The number of rotatable bonds is 6. The first-order valence-electron chi connectivity index (χ1n) is 5.68. The second-order valence-electron chi connectivity index (χ2n) is 4.32. The second kappa shape index (κ2) is 7.32. The highest BCUT2D eigenvalue weighted by molar-refractivity contribution is 7.87. The minimum atomic E-state index is -2.77. The summed E-state index contributed by atoms with van der Waals surface area (Å²) >= 11 is 6.18. The van der Waals surface area contributed by atoms with Crippen LogP contribution in [0.15, 0.2) is 24.3 Å². The zero-order valence-corrected chi connectivity index (χ0v) is 12.5. The van der Waals surface area contributed by atoms with E-state index >= 15 is 0 Å². The molecule has 0 aliphatic carbocycles. The topological polar surface area (TPSA) is 20.3 Å². The molecule has 0 saturated carbocycles. The zero-order chi connectivity index (χ0) is 12.8. The maximum Gasteiger partial charge on any atom is 0.238 e. The second-order valence-corrected chi connectivity index (χ2v) is 7.96. The predicted molar refractivity (Wildman–Crippen MR) is 74.4 cm³/mol. The van der Waals surface area contributed by atoms with Crippen LogP contribution in [0.5, 0.6) is 0 Å². The molecule has 0 rings (SSSR count). The Hall–Kier alpha value is -0.0400. The van der Waals surface area contributed by atoms with E-state index in [0.29, 0.717) is 6.16 Å². The van der Waals surface area contributed by atoms with Crippen molar-refractivity contribution in [1.82, 2.24) is 4.67 Å². The van der Waals surface area contributed by atoms with Crippen LogP contribution in [0.25, 0.3) is 0 Å². The van der Waals surface area contributed by atoms with E-state index in [1.807, 2.05) is 63.6 Å². The van der Waals surface area contributed by atoms with Crippen molar-refractivity contribution in [3.05, 3.63) is 24.3 Å². The largest absolute Gasteiger partial charge is 0.289 e. The lowest BCUT2D eigenvalue weighted by Gasteiger charge is -2.33. The van der Waals surface area contributed by atoms with Crippen LogP contribution in [0.4, 0.5) is 0 Å². The molecular weight excluding hydrogens is 241 g/mol. The van der Waals surface area contributed by atoms with E-state index in [-0.39, 0.29) is 12.1 Å². The van der Waals surface area contributed by atoms with Gasteiger partial charge in [0.1, 0.15) is 0 Å². The summed E-state index contributed by atoms with van der Waals surface area (Å²) in [5.74, 6) is 0. The fourth-order valence-corrected chi connectivity index (χ4v) is 5.00. The molecule has 1 unspecified atom stereocenters. The van der Waals surface area contributed by atoms with Gasteiger partial charge < -0.3 is 0 Å². The molecule has 0 bridgehead atoms. The van der Waals surface area contributed by atoms with Crippen LogP contribution < -0.4 is 0 Å². The van der Waals surface area contributed by atoms with Gasteiger partial charge in [0.15, 0.2) is 0 Å². The zero-order valence-electron chi connectivity index (χ0n) is 10.9. The smallest absolute Gasteiger partial charge is 0.238 e. The molecule has 16 heavy (non-hydrogen) atoms. The number of nitrogens with zero attached hydrogens (tertiary/aromatic N) is 1. The molecule has 1 atom stereocenters. The van der Waals surface area contributed by atoms with Crippen LogP contribution in [0.1, 0.15) is 34.6 Å². The first kappa shape index (κ1) is 16.0. The normalized spacial score (nSPS) is 17.1. The third-order valence-corrected chi connectivity index (χ3v) is 5.39. The molecule has 0 radical (unpaired) electrons. The molecule has 0 saturated heterocycles. The minimum Gasteiger partial charge on any atom is -0.289 e. The number of allylic oxidation sites excluding steroid dienone is 4. The van der Waals surface area contributed by atoms with Gasteiger partial charge in [-0.05, 0) is 45.9 Å². The Bertz CT molecular complexity index is 289. The van der Waals surface area contributed by atoms with Crippen LogP contribution in [-0.2, 0) is 4.57 Å². The highest BCUT2D eigenvalue weighted by Gasteiger charge is 2.31. The van der Waals surface area contributed by atoms with Gasteiger partial charge in [-0.3, -0.25) is 4.57 Å². The van der Waals surface area contributed by atoms with E-state index in [0.717, 1.165) is 0 Å². The molecule has 0 aliphatic heterocycles. The first-order valence-corrected chi connectivity index (χ1v) is 8.43. The first-order chi connectivity index (χ1) is 7.33. The third kappa shape index (κ3) is 5.34. The van der Waals surface area contributed by atoms with Crippen LogP contribution >= 0.6 is 17.9 Å². The Morgan fingerprint density at radius 1 is 1.19 bits per heavy atom. The molecule has 2 nitrogen and oxygen atoms in total. The number of hydrogen-bond donors (Lipinski definition) is 0. The SMILES string of the molecule is C/C=C/C=C/CP(=O)(Cl)N(C(C)C)C(C)C. The molecule has 0 aromatic rings. The van der Waals surface area contributed by atoms with Gasteiger partial charge >= 0.3 is 0 Å². The summed E-state index contributed by atoms with van der Waals surface area (Å²) in [5, 5.41) is 0. The van der Waals surface area contributed by atoms with E-state index in [2.05, 4.69) is 0 Å². The highest BCUT2D eigenvalue weighted by atomic mass is 35.7. The van der Waals surface area contributed by atoms with Crippen LogP contribution in [-0.4, -0.2) is 22.9 Å². The third-order valence-electron chi connectivity index (χ3n) is 2.17. The summed E-state index contributed by atoms with van der Waals surface area (Å²) < 4.78 is 14.3. The van der Waals surface area contributed by atoms with Crippen LogP contribution in [0, 0.1) is 0 Å². The van der Waals surface area contributed by atoms with Gasteiger partial charge in [0, 0.05) is 18.2 Å². The van der Waals surface area contributed by atoms with Crippen molar-refractivity contribution in [2.45, 2.75) is 46.7 Å². The van der Waals surface area contributed by atoms with E-state index in [9.17, 15) is 4.57 Å². The van der Waals surface area contributed by atoms with Crippen molar-refractivity contribution in [3.63, 3.8) is 0 Å². The van der Waals surface area contributed by atoms with Gasteiger partial charge in [0.2, 0.25) is 6.65 Å². The quantitative estimate of drug-likeness (QED) is 0.513. The summed E-state index contributed by atoms with van der Waals surface area (Å²) in [6.07, 6.45) is 8.00. The maximum atomic E-state index is 12.4.